The molecule has 2 aromatic carbocycles. The van der Waals surface area contributed by atoms with Gasteiger partial charge in [-0.1, -0.05) is 6.07 Å². The van der Waals surface area contributed by atoms with Gasteiger partial charge in [-0.2, -0.15) is 0 Å². The molecule has 0 bridgehead atoms. The summed E-state index contributed by atoms with van der Waals surface area (Å²) in [4.78, 5) is 26.1. The van der Waals surface area contributed by atoms with E-state index in [-0.39, 0.29) is 18.1 Å². The van der Waals surface area contributed by atoms with Gasteiger partial charge in [0, 0.05) is 30.4 Å². The molecule has 6 nitrogen and oxygen atoms in total. The van der Waals surface area contributed by atoms with E-state index in [0.29, 0.717) is 11.4 Å². The van der Waals surface area contributed by atoms with Gasteiger partial charge in [0.2, 0.25) is 0 Å². The number of alkyl halides is 3. The maximum atomic E-state index is 12.3. The van der Waals surface area contributed by atoms with Gasteiger partial charge in [-0.15, -0.1) is 13.2 Å². The summed E-state index contributed by atoms with van der Waals surface area (Å²) in [6, 6.07) is 11.1. The van der Waals surface area contributed by atoms with Crippen LogP contribution in [-0.2, 0) is 4.79 Å². The molecule has 0 atom stereocenters. The van der Waals surface area contributed by atoms with Crippen LogP contribution in [0.1, 0.15) is 23.2 Å². The van der Waals surface area contributed by atoms with E-state index < -0.39 is 18.0 Å². The van der Waals surface area contributed by atoms with Crippen LogP contribution in [-0.4, -0.2) is 42.8 Å². The Kier molecular flexibility index (Phi) is 6.26. The van der Waals surface area contributed by atoms with Crippen molar-refractivity contribution in [1.29, 1.82) is 0 Å². The van der Waals surface area contributed by atoms with Crippen molar-refractivity contribution in [3.05, 3.63) is 54.1 Å². The largest absolute Gasteiger partial charge is 0.573 e. The summed E-state index contributed by atoms with van der Waals surface area (Å²) in [5, 5.41) is 2.63. The third-order valence-electron chi connectivity index (χ3n) is 4.26. The highest BCUT2D eigenvalue weighted by Gasteiger charge is 2.31. The minimum Gasteiger partial charge on any atom is -0.484 e. The van der Waals surface area contributed by atoms with E-state index in [9.17, 15) is 22.8 Å². The number of ether oxygens (including phenoxy) is 2. The number of likely N-dealkylation sites (tertiary alicyclic amines) is 1. The molecule has 2 aromatic rings. The first-order valence-electron chi connectivity index (χ1n) is 8.98. The topological polar surface area (TPSA) is 67.9 Å². The minimum atomic E-state index is -4.79. The van der Waals surface area contributed by atoms with Crippen molar-refractivity contribution in [3.63, 3.8) is 0 Å². The number of halogens is 3. The highest BCUT2D eigenvalue weighted by molar-refractivity contribution is 6.04. The fraction of sp³-hybridized carbons (Fsp3) is 0.300. The van der Waals surface area contributed by atoms with Crippen LogP contribution in [0, 0.1) is 0 Å². The maximum absolute atomic E-state index is 12.3. The minimum absolute atomic E-state index is 0.0851. The number of hydrogen-bond acceptors (Lipinski definition) is 4. The van der Waals surface area contributed by atoms with Gasteiger partial charge >= 0.3 is 6.36 Å². The summed E-state index contributed by atoms with van der Waals surface area (Å²) in [6.07, 6.45) is -2.80. The summed E-state index contributed by atoms with van der Waals surface area (Å²) < 4.78 is 45.8. The standard InChI is InChI=1S/C20H19F3N2O4/c21-20(22,23)29-16-8-6-14(7-9-16)19(27)24-15-4-3-5-17(12-15)28-13-18(26)25-10-1-2-11-25/h3-9,12H,1-2,10-11,13H2,(H,24,27). The Balaban J connectivity index is 1.56. The normalized spacial score (nSPS) is 13.8. The number of nitrogens with zero attached hydrogens (tertiary/aromatic N) is 1. The van der Waals surface area contributed by atoms with Gasteiger partial charge in [-0.3, -0.25) is 9.59 Å². The first-order chi connectivity index (χ1) is 13.8. The number of carbonyl (C=O) groups excluding carboxylic acids is 2. The van der Waals surface area contributed by atoms with Crippen molar-refractivity contribution >= 4 is 17.5 Å². The summed E-state index contributed by atoms with van der Waals surface area (Å²) in [5.74, 6) is -0.580. The molecule has 9 heteroatoms. The predicted octanol–water partition coefficient (Wildman–Crippen LogP) is 3.84. The molecule has 1 N–H and O–H groups in total. The number of hydrogen-bond donors (Lipinski definition) is 1. The quantitative estimate of drug-likeness (QED) is 0.789. The molecule has 0 saturated carbocycles. The fourth-order valence-corrected chi connectivity index (χ4v) is 2.88. The lowest BCUT2D eigenvalue weighted by molar-refractivity contribution is -0.274. The molecule has 0 aromatic heterocycles. The van der Waals surface area contributed by atoms with Gasteiger partial charge in [0.15, 0.2) is 6.61 Å². The van der Waals surface area contributed by atoms with Crippen molar-refractivity contribution < 1.29 is 32.2 Å². The highest BCUT2D eigenvalue weighted by Crippen LogP contribution is 2.23. The van der Waals surface area contributed by atoms with Gasteiger partial charge in [0.1, 0.15) is 11.5 Å². The summed E-state index contributed by atoms with van der Waals surface area (Å²) in [6.45, 7) is 1.40. The highest BCUT2D eigenvalue weighted by atomic mass is 19.4. The fourth-order valence-electron chi connectivity index (χ4n) is 2.88. The summed E-state index contributed by atoms with van der Waals surface area (Å²) in [5.41, 5.74) is 0.590. The average Bonchev–Trinajstić information content (AvgIpc) is 3.20. The van der Waals surface area contributed by atoms with Crippen LogP contribution in [0.4, 0.5) is 18.9 Å². The molecule has 1 saturated heterocycles. The molecule has 1 heterocycles. The zero-order chi connectivity index (χ0) is 20.9. The molecule has 1 fully saturated rings. The molecule has 1 aliphatic rings. The van der Waals surface area contributed by atoms with Crippen molar-refractivity contribution in [3.8, 4) is 11.5 Å². The smallest absolute Gasteiger partial charge is 0.484 e. The SMILES string of the molecule is O=C(Nc1cccc(OCC(=O)N2CCCC2)c1)c1ccc(OC(F)(F)F)cc1. The number of anilines is 1. The van der Waals surface area contributed by atoms with Crippen LogP contribution >= 0.6 is 0 Å². The lowest BCUT2D eigenvalue weighted by Crippen LogP contribution is -2.32. The van der Waals surface area contributed by atoms with Crippen LogP contribution in [0.2, 0.25) is 0 Å². The number of carbonyl (C=O) groups is 2. The van der Waals surface area contributed by atoms with Gasteiger partial charge in [-0.25, -0.2) is 0 Å². The Morgan fingerprint density at radius 2 is 1.69 bits per heavy atom. The Morgan fingerprint density at radius 1 is 1.00 bits per heavy atom. The van der Waals surface area contributed by atoms with E-state index in [1.165, 1.54) is 12.1 Å². The zero-order valence-corrected chi connectivity index (χ0v) is 15.4. The first kappa shape index (κ1) is 20.5. The van der Waals surface area contributed by atoms with Crippen molar-refractivity contribution in [2.75, 3.05) is 25.0 Å². The van der Waals surface area contributed by atoms with Crippen LogP contribution in [0.25, 0.3) is 0 Å². The Labute approximate surface area is 165 Å². The average molecular weight is 408 g/mol. The van der Waals surface area contributed by atoms with Crippen LogP contribution in [0.5, 0.6) is 11.5 Å². The molecular formula is C20H19F3N2O4. The number of amides is 2. The lowest BCUT2D eigenvalue weighted by atomic mass is 10.2. The van der Waals surface area contributed by atoms with E-state index in [0.717, 1.165) is 38.1 Å². The molecule has 2 amide bonds. The Morgan fingerprint density at radius 3 is 2.34 bits per heavy atom. The third kappa shape index (κ3) is 6.13. The monoisotopic (exact) mass is 408 g/mol. The van der Waals surface area contributed by atoms with Gasteiger partial charge in [-0.05, 0) is 49.2 Å². The number of benzene rings is 2. The van der Waals surface area contributed by atoms with E-state index in [4.69, 9.17) is 4.74 Å². The van der Waals surface area contributed by atoms with Gasteiger partial charge < -0.3 is 19.7 Å². The Bertz CT molecular complexity index is 863. The van der Waals surface area contributed by atoms with Crippen LogP contribution < -0.4 is 14.8 Å². The molecule has 0 aliphatic carbocycles. The molecular weight excluding hydrogens is 389 g/mol. The molecule has 0 unspecified atom stereocenters. The van der Waals surface area contributed by atoms with Crippen molar-refractivity contribution in [2.24, 2.45) is 0 Å². The first-order valence-corrected chi connectivity index (χ1v) is 8.98. The second-order valence-electron chi connectivity index (χ2n) is 6.43. The van der Waals surface area contributed by atoms with Gasteiger partial charge in [0.05, 0.1) is 0 Å². The van der Waals surface area contributed by atoms with E-state index in [2.05, 4.69) is 10.1 Å². The zero-order valence-electron chi connectivity index (χ0n) is 15.4. The maximum Gasteiger partial charge on any atom is 0.573 e. The molecule has 154 valence electrons. The number of nitrogens with one attached hydrogen (secondary N) is 1. The van der Waals surface area contributed by atoms with Crippen molar-refractivity contribution in [1.82, 2.24) is 4.90 Å². The summed E-state index contributed by atoms with van der Waals surface area (Å²) in [7, 11) is 0. The second-order valence-corrected chi connectivity index (χ2v) is 6.43. The molecule has 1 aliphatic heterocycles. The van der Waals surface area contributed by atoms with Crippen LogP contribution in [0.3, 0.4) is 0 Å². The second kappa shape index (κ2) is 8.85. The van der Waals surface area contributed by atoms with E-state index in [1.54, 1.807) is 29.2 Å². The Hall–Kier alpha value is -3.23. The predicted molar refractivity (Wildman–Crippen MR) is 98.8 cm³/mol. The lowest BCUT2D eigenvalue weighted by Gasteiger charge is -2.15. The van der Waals surface area contributed by atoms with Crippen molar-refractivity contribution in [2.45, 2.75) is 19.2 Å². The van der Waals surface area contributed by atoms with Gasteiger partial charge in [0.25, 0.3) is 11.8 Å². The number of rotatable bonds is 6. The van der Waals surface area contributed by atoms with E-state index >= 15 is 0 Å². The third-order valence-corrected chi connectivity index (χ3v) is 4.26. The molecule has 3 rings (SSSR count). The molecule has 0 radical (unpaired) electrons. The molecule has 0 spiro atoms. The van der Waals surface area contributed by atoms with Crippen LogP contribution in [0.15, 0.2) is 48.5 Å². The molecule has 29 heavy (non-hydrogen) atoms. The van der Waals surface area contributed by atoms with E-state index in [1.807, 2.05) is 0 Å². The summed E-state index contributed by atoms with van der Waals surface area (Å²) >= 11 is 0.